The van der Waals surface area contributed by atoms with Crippen molar-refractivity contribution in [2.24, 2.45) is 0 Å². The molecular weight excluding hydrogens is 134 g/mol. The molecule has 10 heavy (non-hydrogen) atoms. The van der Waals surface area contributed by atoms with Crippen molar-refractivity contribution in [1.82, 2.24) is 5.06 Å². The Bertz CT molecular complexity index is 197. The van der Waals surface area contributed by atoms with Crippen molar-refractivity contribution in [2.75, 3.05) is 13.6 Å². The summed E-state index contributed by atoms with van der Waals surface area (Å²) in [5, 5.41) is 10.0. The van der Waals surface area contributed by atoms with E-state index in [2.05, 4.69) is 0 Å². The Labute approximate surface area is 58.7 Å². The quantitative estimate of drug-likeness (QED) is 0.570. The fraction of sp³-hybridized carbons (Fsp3) is 0.500. The van der Waals surface area contributed by atoms with Crippen LogP contribution in [-0.2, 0) is 9.63 Å². The largest absolute Gasteiger partial charge is 0.478 e. The molecule has 0 fully saturated rings. The van der Waals surface area contributed by atoms with E-state index in [1.165, 1.54) is 5.06 Å². The zero-order chi connectivity index (χ0) is 7.72. The normalized spacial score (nSPS) is 19.4. The first-order chi connectivity index (χ1) is 4.61. The van der Waals surface area contributed by atoms with Crippen LogP contribution in [0, 0.1) is 0 Å². The highest BCUT2D eigenvalue weighted by molar-refractivity contribution is 5.87. The standard InChI is InChI=1S/C6H9NO3/c1-4-5(6(8)9)3-7(2)10-4/h3H2,1-2H3,(H,8,9). The second-order valence-corrected chi connectivity index (χ2v) is 2.22. The molecule has 0 aliphatic carbocycles. The maximum Gasteiger partial charge on any atom is 0.336 e. The summed E-state index contributed by atoms with van der Waals surface area (Å²) in [6.45, 7) is 2.01. The number of hydroxylamine groups is 2. The average Bonchev–Trinajstić information content (AvgIpc) is 2.10. The van der Waals surface area contributed by atoms with E-state index < -0.39 is 5.97 Å². The van der Waals surface area contributed by atoms with Crippen molar-refractivity contribution in [2.45, 2.75) is 6.92 Å². The van der Waals surface area contributed by atoms with Crippen LogP contribution in [0.25, 0.3) is 0 Å². The Hall–Kier alpha value is -1.03. The smallest absolute Gasteiger partial charge is 0.336 e. The van der Waals surface area contributed by atoms with Crippen LogP contribution in [0.3, 0.4) is 0 Å². The highest BCUT2D eigenvalue weighted by Gasteiger charge is 2.22. The minimum atomic E-state index is -0.901. The van der Waals surface area contributed by atoms with Crippen molar-refractivity contribution < 1.29 is 14.7 Å². The number of aliphatic carboxylic acids is 1. The molecule has 1 N–H and O–H groups in total. The summed E-state index contributed by atoms with van der Waals surface area (Å²) < 4.78 is 0. The molecule has 4 heteroatoms. The third kappa shape index (κ3) is 1.11. The average molecular weight is 143 g/mol. The van der Waals surface area contributed by atoms with Crippen LogP contribution in [0.4, 0.5) is 0 Å². The van der Waals surface area contributed by atoms with Gasteiger partial charge in [0.15, 0.2) is 0 Å². The molecule has 0 atom stereocenters. The van der Waals surface area contributed by atoms with Crippen molar-refractivity contribution >= 4 is 5.97 Å². The van der Waals surface area contributed by atoms with E-state index in [0.29, 0.717) is 17.9 Å². The maximum absolute atomic E-state index is 10.4. The monoisotopic (exact) mass is 143 g/mol. The highest BCUT2D eigenvalue weighted by Crippen LogP contribution is 2.16. The van der Waals surface area contributed by atoms with Crippen LogP contribution < -0.4 is 0 Å². The fourth-order valence-electron chi connectivity index (χ4n) is 0.873. The lowest BCUT2D eigenvalue weighted by atomic mass is 10.2. The number of hydrogen-bond acceptors (Lipinski definition) is 3. The number of carbonyl (C=O) groups is 1. The van der Waals surface area contributed by atoms with Gasteiger partial charge < -0.3 is 9.94 Å². The van der Waals surface area contributed by atoms with E-state index in [9.17, 15) is 4.79 Å². The van der Waals surface area contributed by atoms with Crippen molar-refractivity contribution in [3.8, 4) is 0 Å². The molecule has 1 heterocycles. The first-order valence-electron chi connectivity index (χ1n) is 2.93. The van der Waals surface area contributed by atoms with Crippen LogP contribution >= 0.6 is 0 Å². The molecule has 0 aromatic carbocycles. The van der Waals surface area contributed by atoms with Gasteiger partial charge in [0, 0.05) is 7.05 Å². The number of allylic oxidation sites excluding steroid dienone is 1. The Morgan fingerprint density at radius 2 is 2.40 bits per heavy atom. The second-order valence-electron chi connectivity index (χ2n) is 2.22. The van der Waals surface area contributed by atoms with Gasteiger partial charge in [0.1, 0.15) is 5.76 Å². The number of hydrogen-bond donors (Lipinski definition) is 1. The molecular formula is C6H9NO3. The molecule has 4 nitrogen and oxygen atoms in total. The van der Waals surface area contributed by atoms with E-state index in [0.717, 1.165) is 0 Å². The summed E-state index contributed by atoms with van der Waals surface area (Å²) in [7, 11) is 1.69. The van der Waals surface area contributed by atoms with E-state index in [4.69, 9.17) is 9.94 Å². The van der Waals surface area contributed by atoms with Gasteiger partial charge in [-0.25, -0.2) is 4.79 Å². The van der Waals surface area contributed by atoms with Crippen LogP contribution in [0.5, 0.6) is 0 Å². The van der Waals surface area contributed by atoms with E-state index in [1.807, 2.05) is 0 Å². The van der Waals surface area contributed by atoms with Gasteiger partial charge in [0.2, 0.25) is 0 Å². The molecule has 0 unspecified atom stereocenters. The molecule has 0 spiro atoms. The molecule has 1 rings (SSSR count). The van der Waals surface area contributed by atoms with Crippen molar-refractivity contribution in [1.29, 1.82) is 0 Å². The highest BCUT2D eigenvalue weighted by atomic mass is 16.7. The van der Waals surface area contributed by atoms with E-state index in [-0.39, 0.29) is 0 Å². The van der Waals surface area contributed by atoms with Crippen LogP contribution in [0.15, 0.2) is 11.3 Å². The van der Waals surface area contributed by atoms with Crippen LogP contribution in [0.1, 0.15) is 6.92 Å². The molecule has 0 aromatic rings. The molecule has 0 bridgehead atoms. The Morgan fingerprint density at radius 3 is 2.60 bits per heavy atom. The van der Waals surface area contributed by atoms with E-state index >= 15 is 0 Å². The molecule has 0 saturated heterocycles. The first kappa shape index (κ1) is 7.08. The van der Waals surface area contributed by atoms with Crippen molar-refractivity contribution in [3.63, 3.8) is 0 Å². The summed E-state index contributed by atoms with van der Waals surface area (Å²) in [6.07, 6.45) is 0. The molecule has 0 radical (unpaired) electrons. The number of carboxylic acid groups (broad SMARTS) is 1. The Morgan fingerprint density at radius 1 is 1.80 bits per heavy atom. The lowest BCUT2D eigenvalue weighted by Gasteiger charge is -2.05. The van der Waals surface area contributed by atoms with Gasteiger partial charge in [-0.15, -0.1) is 5.06 Å². The maximum atomic E-state index is 10.4. The van der Waals surface area contributed by atoms with Gasteiger partial charge in [-0.05, 0) is 6.92 Å². The number of rotatable bonds is 1. The summed E-state index contributed by atoms with van der Waals surface area (Å²) in [5.41, 5.74) is 0.336. The molecule has 0 amide bonds. The van der Waals surface area contributed by atoms with Crippen LogP contribution in [-0.4, -0.2) is 29.7 Å². The lowest BCUT2D eigenvalue weighted by Crippen LogP contribution is -2.14. The predicted molar refractivity (Wildman–Crippen MR) is 34.1 cm³/mol. The molecule has 0 aromatic heterocycles. The zero-order valence-electron chi connectivity index (χ0n) is 5.92. The first-order valence-corrected chi connectivity index (χ1v) is 2.93. The SMILES string of the molecule is CC1=C(C(=O)O)CN(C)O1. The van der Waals surface area contributed by atoms with Crippen LogP contribution in [0.2, 0.25) is 0 Å². The summed E-state index contributed by atoms with van der Waals surface area (Å²) in [5.74, 6) is -0.420. The van der Waals surface area contributed by atoms with Gasteiger partial charge in [-0.3, -0.25) is 0 Å². The third-order valence-electron chi connectivity index (χ3n) is 1.36. The summed E-state index contributed by atoms with van der Waals surface area (Å²) >= 11 is 0. The molecule has 1 aliphatic heterocycles. The van der Waals surface area contributed by atoms with Gasteiger partial charge in [0.05, 0.1) is 12.1 Å². The number of nitrogens with zero attached hydrogens (tertiary/aromatic N) is 1. The molecule has 56 valence electrons. The zero-order valence-corrected chi connectivity index (χ0v) is 5.92. The Balaban J connectivity index is 2.76. The predicted octanol–water partition coefficient (Wildman–Crippen LogP) is 0.222. The topological polar surface area (TPSA) is 49.8 Å². The summed E-state index contributed by atoms with van der Waals surface area (Å²) in [4.78, 5) is 15.4. The lowest BCUT2D eigenvalue weighted by molar-refractivity contribution is -0.132. The van der Waals surface area contributed by atoms with Gasteiger partial charge in [-0.2, -0.15) is 0 Å². The van der Waals surface area contributed by atoms with Gasteiger partial charge in [0.25, 0.3) is 0 Å². The molecule has 0 saturated carbocycles. The Kier molecular flexibility index (Phi) is 1.63. The minimum Gasteiger partial charge on any atom is -0.478 e. The second kappa shape index (κ2) is 2.30. The fourth-order valence-corrected chi connectivity index (χ4v) is 0.873. The number of carboxylic acids is 1. The van der Waals surface area contributed by atoms with Gasteiger partial charge in [-0.1, -0.05) is 0 Å². The van der Waals surface area contributed by atoms with Crippen molar-refractivity contribution in [3.05, 3.63) is 11.3 Å². The van der Waals surface area contributed by atoms with E-state index in [1.54, 1.807) is 14.0 Å². The molecule has 1 aliphatic rings. The van der Waals surface area contributed by atoms with Gasteiger partial charge >= 0.3 is 5.97 Å². The third-order valence-corrected chi connectivity index (χ3v) is 1.36. The summed E-state index contributed by atoms with van der Waals surface area (Å²) in [6, 6.07) is 0. The minimum absolute atomic E-state index is 0.336. The number of likely N-dealkylation sites (N-methyl/N-ethyl adjacent to an activating group) is 1.